The summed E-state index contributed by atoms with van der Waals surface area (Å²) < 4.78 is 24.6. The van der Waals surface area contributed by atoms with Crippen LogP contribution in [0.15, 0.2) is 28.8 Å². The molecule has 2 aliphatic rings. The van der Waals surface area contributed by atoms with E-state index in [4.69, 9.17) is 9.26 Å². The Labute approximate surface area is 182 Å². The summed E-state index contributed by atoms with van der Waals surface area (Å²) in [5, 5.41) is 7.07. The second kappa shape index (κ2) is 9.34. The number of rotatable bonds is 5. The third kappa shape index (κ3) is 5.42. The number of amides is 2. The van der Waals surface area contributed by atoms with E-state index >= 15 is 0 Å². The molecule has 2 aromatic rings. The van der Waals surface area contributed by atoms with E-state index in [0.29, 0.717) is 31.4 Å². The Balaban J connectivity index is 1.26. The lowest BCUT2D eigenvalue weighted by atomic mass is 9.78. The minimum Gasteiger partial charge on any atom is -0.375 e. The molecule has 2 saturated heterocycles. The fourth-order valence-electron chi connectivity index (χ4n) is 4.50. The second-order valence-electron chi connectivity index (χ2n) is 9.07. The van der Waals surface area contributed by atoms with Crippen LogP contribution in [0.1, 0.15) is 62.7 Å². The van der Waals surface area contributed by atoms with Crippen molar-refractivity contribution in [2.75, 3.05) is 19.7 Å². The van der Waals surface area contributed by atoms with Gasteiger partial charge in [-0.2, -0.15) is 4.98 Å². The first-order valence-corrected chi connectivity index (χ1v) is 11.2. The second-order valence-corrected chi connectivity index (χ2v) is 9.07. The number of likely N-dealkylation sites (tertiary alicyclic amines) is 1. The fourth-order valence-corrected chi connectivity index (χ4v) is 4.50. The number of carbonyl (C=O) groups is 1. The fraction of sp³-hybridized carbons (Fsp3) is 0.609. The van der Waals surface area contributed by atoms with Crippen molar-refractivity contribution in [2.24, 2.45) is 5.92 Å². The highest BCUT2D eigenvalue weighted by Crippen LogP contribution is 2.38. The first-order chi connectivity index (χ1) is 14.9. The molecule has 2 aliphatic heterocycles. The van der Waals surface area contributed by atoms with E-state index in [1.54, 1.807) is 12.1 Å². The number of carbonyl (C=O) groups excluding carboxylic acids is 1. The first-order valence-electron chi connectivity index (χ1n) is 11.2. The molecule has 1 spiro atoms. The van der Waals surface area contributed by atoms with Crippen molar-refractivity contribution in [2.45, 2.75) is 64.0 Å². The Morgan fingerprint density at radius 2 is 2.03 bits per heavy atom. The Morgan fingerprint density at radius 1 is 1.29 bits per heavy atom. The van der Waals surface area contributed by atoms with Gasteiger partial charge in [0.25, 0.3) is 0 Å². The van der Waals surface area contributed by atoms with Crippen LogP contribution in [0.5, 0.6) is 0 Å². The molecule has 31 heavy (non-hydrogen) atoms. The highest BCUT2D eigenvalue weighted by Gasteiger charge is 2.41. The van der Waals surface area contributed by atoms with Crippen LogP contribution in [-0.2, 0) is 17.7 Å². The summed E-state index contributed by atoms with van der Waals surface area (Å²) in [7, 11) is 0. The molecule has 1 N–H and O–H groups in total. The number of ether oxygens (including phenoxy) is 1. The van der Waals surface area contributed by atoms with Crippen molar-refractivity contribution in [1.82, 2.24) is 20.4 Å². The number of urea groups is 1. The standard InChI is InChI=1S/C23H31FN4O3/c1-16(2)21-26-20(27-31-21)13-18-7-12-30-23(14-18)8-10-28(11-9-23)22(29)25-15-17-3-5-19(24)6-4-17/h3-6,16,18H,7-15H2,1-2H3,(H,25,29). The number of benzene rings is 1. The highest BCUT2D eigenvalue weighted by molar-refractivity contribution is 5.74. The van der Waals surface area contributed by atoms with Crippen LogP contribution >= 0.6 is 0 Å². The van der Waals surface area contributed by atoms with Gasteiger partial charge >= 0.3 is 6.03 Å². The van der Waals surface area contributed by atoms with Crippen LogP contribution in [-0.4, -0.2) is 46.4 Å². The molecule has 168 valence electrons. The van der Waals surface area contributed by atoms with Crippen LogP contribution < -0.4 is 5.32 Å². The molecule has 8 heteroatoms. The summed E-state index contributed by atoms with van der Waals surface area (Å²) in [6.07, 6.45) is 4.43. The number of aromatic nitrogens is 2. The summed E-state index contributed by atoms with van der Waals surface area (Å²) in [6, 6.07) is 6.09. The molecule has 1 aromatic carbocycles. The van der Waals surface area contributed by atoms with Crippen LogP contribution in [0.2, 0.25) is 0 Å². The van der Waals surface area contributed by atoms with Crippen LogP contribution in [0.25, 0.3) is 0 Å². The van der Waals surface area contributed by atoms with Crippen molar-refractivity contribution in [3.05, 3.63) is 47.4 Å². The SMILES string of the molecule is CC(C)c1nc(CC2CCOC3(CCN(C(=O)NCc4ccc(F)cc4)CC3)C2)no1. The molecule has 1 unspecified atom stereocenters. The maximum atomic E-state index is 13.0. The van der Waals surface area contributed by atoms with Crippen LogP contribution in [0, 0.1) is 11.7 Å². The van der Waals surface area contributed by atoms with E-state index in [-0.39, 0.29) is 23.4 Å². The lowest BCUT2D eigenvalue weighted by Crippen LogP contribution is -2.52. The highest BCUT2D eigenvalue weighted by atomic mass is 19.1. The molecule has 1 atom stereocenters. The summed E-state index contributed by atoms with van der Waals surface area (Å²) in [5.74, 6) is 1.90. The van der Waals surface area contributed by atoms with Crippen molar-refractivity contribution in [3.8, 4) is 0 Å². The Hall–Kier alpha value is -2.48. The normalized spacial score (nSPS) is 20.9. The topological polar surface area (TPSA) is 80.5 Å². The van der Waals surface area contributed by atoms with Crippen molar-refractivity contribution in [3.63, 3.8) is 0 Å². The van der Waals surface area contributed by atoms with Crippen LogP contribution in [0.4, 0.5) is 9.18 Å². The number of hydrogen-bond acceptors (Lipinski definition) is 5. The maximum Gasteiger partial charge on any atom is 0.317 e. The van der Waals surface area contributed by atoms with Crippen molar-refractivity contribution >= 4 is 6.03 Å². The zero-order chi connectivity index (χ0) is 21.8. The van der Waals surface area contributed by atoms with Crippen LogP contribution in [0.3, 0.4) is 0 Å². The lowest BCUT2D eigenvalue weighted by Gasteiger charge is -2.46. The van der Waals surface area contributed by atoms with E-state index in [0.717, 1.165) is 50.1 Å². The van der Waals surface area contributed by atoms with Gasteiger partial charge in [-0.25, -0.2) is 9.18 Å². The van der Waals surface area contributed by atoms with E-state index in [1.165, 1.54) is 12.1 Å². The monoisotopic (exact) mass is 430 g/mol. The summed E-state index contributed by atoms with van der Waals surface area (Å²) in [6.45, 7) is 6.55. The molecule has 3 heterocycles. The minimum absolute atomic E-state index is 0.0838. The van der Waals surface area contributed by atoms with E-state index < -0.39 is 0 Å². The Bertz CT molecular complexity index is 875. The zero-order valence-electron chi connectivity index (χ0n) is 18.3. The number of hydrogen-bond donors (Lipinski definition) is 1. The third-order valence-electron chi connectivity index (χ3n) is 6.36. The van der Waals surface area contributed by atoms with E-state index in [1.807, 2.05) is 18.7 Å². The van der Waals surface area contributed by atoms with Gasteiger partial charge in [-0.1, -0.05) is 31.1 Å². The van der Waals surface area contributed by atoms with Gasteiger partial charge in [-0.3, -0.25) is 0 Å². The summed E-state index contributed by atoms with van der Waals surface area (Å²) in [4.78, 5) is 18.9. The third-order valence-corrected chi connectivity index (χ3v) is 6.36. The quantitative estimate of drug-likeness (QED) is 0.774. The largest absolute Gasteiger partial charge is 0.375 e. The van der Waals surface area contributed by atoms with Crippen molar-refractivity contribution in [1.29, 1.82) is 0 Å². The molecule has 2 fully saturated rings. The van der Waals surface area contributed by atoms with Gasteiger partial charge in [0.05, 0.1) is 5.60 Å². The van der Waals surface area contributed by atoms with Crippen molar-refractivity contribution < 1.29 is 18.4 Å². The lowest BCUT2D eigenvalue weighted by molar-refractivity contribution is -0.123. The number of piperidine rings is 1. The zero-order valence-corrected chi connectivity index (χ0v) is 18.3. The molecule has 4 rings (SSSR count). The molecule has 1 aromatic heterocycles. The van der Waals surface area contributed by atoms with Gasteiger partial charge in [0, 0.05) is 38.6 Å². The molecule has 7 nitrogen and oxygen atoms in total. The summed E-state index contributed by atoms with van der Waals surface area (Å²) in [5.41, 5.74) is 0.713. The predicted molar refractivity (Wildman–Crippen MR) is 113 cm³/mol. The number of halogens is 1. The first kappa shape index (κ1) is 21.7. The number of nitrogens with one attached hydrogen (secondary N) is 1. The molecule has 0 aliphatic carbocycles. The average Bonchev–Trinajstić information content (AvgIpc) is 3.23. The van der Waals surface area contributed by atoms with Gasteiger partial charge in [-0.15, -0.1) is 0 Å². The van der Waals surface area contributed by atoms with Gasteiger partial charge in [-0.05, 0) is 49.3 Å². The van der Waals surface area contributed by atoms with E-state index in [2.05, 4.69) is 15.5 Å². The molecule has 0 saturated carbocycles. The van der Waals surface area contributed by atoms with Gasteiger partial charge in [0.1, 0.15) is 5.82 Å². The summed E-state index contributed by atoms with van der Waals surface area (Å²) >= 11 is 0. The molecular weight excluding hydrogens is 399 g/mol. The number of nitrogens with zero attached hydrogens (tertiary/aromatic N) is 3. The molecular formula is C23H31FN4O3. The predicted octanol–water partition coefficient (Wildman–Crippen LogP) is 4.05. The molecule has 0 radical (unpaired) electrons. The Kier molecular flexibility index (Phi) is 6.55. The van der Waals surface area contributed by atoms with Gasteiger partial charge < -0.3 is 19.5 Å². The van der Waals surface area contributed by atoms with E-state index in [9.17, 15) is 9.18 Å². The molecule has 0 bridgehead atoms. The van der Waals surface area contributed by atoms with Gasteiger partial charge in [0.2, 0.25) is 5.89 Å². The maximum absolute atomic E-state index is 13.0. The average molecular weight is 431 g/mol. The Morgan fingerprint density at radius 3 is 2.71 bits per heavy atom. The smallest absolute Gasteiger partial charge is 0.317 e. The molecule has 2 amide bonds. The minimum atomic E-state index is -0.276. The van der Waals surface area contributed by atoms with Gasteiger partial charge in [0.15, 0.2) is 5.82 Å².